The standard InChI is InChI=1S/C22H17N5O3/c1-13-6-7-19-25-21-16(22(28)26(19)10-13)8-14(9-23)20(24)27(21)11-15-12-29-17-4-2-3-5-18(17)30-15/h2-8,10,15,24H,11-12H2,1H3/t15-/m0/s1. The quantitative estimate of drug-likeness (QED) is 0.520. The molecule has 1 aromatic carbocycles. The van der Waals surface area contributed by atoms with Crippen molar-refractivity contribution in [2.75, 3.05) is 6.61 Å². The fourth-order valence-corrected chi connectivity index (χ4v) is 3.66. The minimum absolute atomic E-state index is 0.0178. The Labute approximate surface area is 170 Å². The minimum Gasteiger partial charge on any atom is -0.486 e. The van der Waals surface area contributed by atoms with Gasteiger partial charge < -0.3 is 14.0 Å². The largest absolute Gasteiger partial charge is 0.486 e. The lowest BCUT2D eigenvalue weighted by molar-refractivity contribution is 0.0783. The van der Waals surface area contributed by atoms with Crippen LogP contribution < -0.4 is 20.5 Å². The summed E-state index contributed by atoms with van der Waals surface area (Å²) >= 11 is 0. The lowest BCUT2D eigenvalue weighted by Gasteiger charge is -2.27. The van der Waals surface area contributed by atoms with Gasteiger partial charge in [0.2, 0.25) is 0 Å². The van der Waals surface area contributed by atoms with E-state index in [-0.39, 0.29) is 35.1 Å². The molecule has 1 N–H and O–H groups in total. The molecule has 0 amide bonds. The van der Waals surface area contributed by atoms with Gasteiger partial charge in [-0.15, -0.1) is 0 Å². The minimum atomic E-state index is -0.399. The second kappa shape index (κ2) is 6.74. The predicted molar refractivity (Wildman–Crippen MR) is 109 cm³/mol. The maximum absolute atomic E-state index is 13.1. The van der Waals surface area contributed by atoms with E-state index in [1.54, 1.807) is 16.8 Å². The number of pyridine rings is 2. The number of aryl methyl sites for hydroxylation is 1. The van der Waals surface area contributed by atoms with Crippen molar-refractivity contribution in [2.24, 2.45) is 0 Å². The number of rotatable bonds is 2. The Morgan fingerprint density at radius 3 is 2.87 bits per heavy atom. The van der Waals surface area contributed by atoms with E-state index >= 15 is 0 Å². The van der Waals surface area contributed by atoms with Crippen LogP contribution in [0.15, 0.2) is 53.5 Å². The first-order valence-electron chi connectivity index (χ1n) is 9.45. The monoisotopic (exact) mass is 399 g/mol. The summed E-state index contributed by atoms with van der Waals surface area (Å²) in [6.07, 6.45) is 1.31. The number of benzene rings is 1. The Bertz CT molecular complexity index is 1480. The number of nitrogens with zero attached hydrogens (tertiary/aromatic N) is 4. The Morgan fingerprint density at radius 2 is 2.07 bits per heavy atom. The molecule has 8 heteroatoms. The summed E-state index contributed by atoms with van der Waals surface area (Å²) < 4.78 is 14.8. The van der Waals surface area contributed by atoms with E-state index in [0.717, 1.165) is 5.56 Å². The zero-order valence-corrected chi connectivity index (χ0v) is 16.1. The smallest absolute Gasteiger partial charge is 0.267 e. The molecule has 4 aromatic rings. The van der Waals surface area contributed by atoms with Crippen molar-refractivity contribution in [3.05, 3.63) is 75.6 Å². The first-order valence-corrected chi connectivity index (χ1v) is 9.45. The summed E-state index contributed by atoms with van der Waals surface area (Å²) in [6.45, 7) is 2.39. The summed E-state index contributed by atoms with van der Waals surface area (Å²) in [7, 11) is 0. The fraction of sp³-hybridized carbons (Fsp3) is 0.182. The van der Waals surface area contributed by atoms with Gasteiger partial charge in [-0.05, 0) is 36.8 Å². The summed E-state index contributed by atoms with van der Waals surface area (Å²) in [5.41, 5.74) is 1.54. The van der Waals surface area contributed by atoms with Crippen LogP contribution in [0.2, 0.25) is 0 Å². The molecule has 3 aromatic heterocycles. The van der Waals surface area contributed by atoms with E-state index in [9.17, 15) is 10.1 Å². The Morgan fingerprint density at radius 1 is 1.27 bits per heavy atom. The molecule has 0 saturated heterocycles. The highest BCUT2D eigenvalue weighted by molar-refractivity contribution is 5.77. The molecule has 8 nitrogen and oxygen atoms in total. The number of hydrogen-bond donors (Lipinski definition) is 1. The molecule has 0 radical (unpaired) electrons. The number of ether oxygens (including phenoxy) is 2. The van der Waals surface area contributed by atoms with Gasteiger partial charge in [-0.25, -0.2) is 4.98 Å². The van der Waals surface area contributed by atoms with Crippen LogP contribution in [0.25, 0.3) is 16.7 Å². The number of fused-ring (bicyclic) bond motifs is 3. The highest BCUT2D eigenvalue weighted by Crippen LogP contribution is 2.31. The predicted octanol–water partition coefficient (Wildman–Crippen LogP) is 2.15. The Hall–Kier alpha value is -4.12. The first kappa shape index (κ1) is 17.9. The third kappa shape index (κ3) is 2.79. The second-order valence-electron chi connectivity index (χ2n) is 7.22. The molecule has 4 heterocycles. The molecule has 0 fully saturated rings. The van der Waals surface area contributed by atoms with Crippen LogP contribution in [0.3, 0.4) is 0 Å². The van der Waals surface area contributed by atoms with Crippen molar-refractivity contribution in [3.8, 4) is 17.6 Å². The lowest BCUT2D eigenvalue weighted by Crippen LogP contribution is -2.38. The molecule has 1 aliphatic heterocycles. The van der Waals surface area contributed by atoms with E-state index in [1.807, 2.05) is 43.3 Å². The van der Waals surface area contributed by atoms with Crippen molar-refractivity contribution in [1.82, 2.24) is 14.0 Å². The molecule has 1 atom stereocenters. The molecule has 30 heavy (non-hydrogen) atoms. The normalized spacial score (nSPS) is 15.3. The summed E-state index contributed by atoms with van der Waals surface area (Å²) in [4.78, 5) is 17.7. The molecule has 0 aliphatic carbocycles. The van der Waals surface area contributed by atoms with Gasteiger partial charge in [-0.1, -0.05) is 18.2 Å². The molecule has 0 spiro atoms. The van der Waals surface area contributed by atoms with Gasteiger partial charge in [-0.3, -0.25) is 14.6 Å². The molecule has 0 unspecified atom stereocenters. The zero-order valence-electron chi connectivity index (χ0n) is 16.1. The molecule has 5 rings (SSSR count). The van der Waals surface area contributed by atoms with Crippen LogP contribution >= 0.6 is 0 Å². The zero-order chi connectivity index (χ0) is 20.8. The molecule has 0 bridgehead atoms. The topological polar surface area (TPSA) is 105 Å². The third-order valence-electron chi connectivity index (χ3n) is 5.13. The van der Waals surface area contributed by atoms with Crippen LogP contribution in [-0.2, 0) is 6.54 Å². The molecular weight excluding hydrogens is 382 g/mol. The number of hydrogen-bond acceptors (Lipinski definition) is 6. The van der Waals surface area contributed by atoms with Crippen LogP contribution in [-0.4, -0.2) is 26.7 Å². The first-order chi connectivity index (χ1) is 14.5. The van der Waals surface area contributed by atoms with Crippen molar-refractivity contribution < 1.29 is 9.47 Å². The van der Waals surface area contributed by atoms with Gasteiger partial charge in [0.05, 0.1) is 17.5 Å². The van der Waals surface area contributed by atoms with Gasteiger partial charge in [0.25, 0.3) is 5.56 Å². The molecular formula is C22H17N5O3. The Balaban J connectivity index is 1.69. The Kier molecular flexibility index (Phi) is 4.03. The third-order valence-corrected chi connectivity index (χ3v) is 5.13. The maximum atomic E-state index is 13.1. The van der Waals surface area contributed by atoms with Crippen molar-refractivity contribution in [2.45, 2.75) is 19.6 Å². The molecule has 1 aliphatic rings. The number of nitriles is 1. The molecule has 148 valence electrons. The maximum Gasteiger partial charge on any atom is 0.267 e. The second-order valence-corrected chi connectivity index (χ2v) is 7.22. The lowest BCUT2D eigenvalue weighted by atomic mass is 10.2. The highest BCUT2D eigenvalue weighted by Gasteiger charge is 2.23. The van der Waals surface area contributed by atoms with E-state index in [2.05, 4.69) is 4.98 Å². The van der Waals surface area contributed by atoms with E-state index in [4.69, 9.17) is 14.9 Å². The van der Waals surface area contributed by atoms with Gasteiger partial charge in [-0.2, -0.15) is 5.26 Å². The summed E-state index contributed by atoms with van der Waals surface area (Å²) in [6, 6.07) is 14.5. The van der Waals surface area contributed by atoms with Gasteiger partial charge in [0.1, 0.15) is 29.5 Å². The summed E-state index contributed by atoms with van der Waals surface area (Å²) in [5, 5.41) is 18.3. The van der Waals surface area contributed by atoms with Crippen LogP contribution in [0.4, 0.5) is 0 Å². The fourth-order valence-electron chi connectivity index (χ4n) is 3.66. The van der Waals surface area contributed by atoms with Gasteiger partial charge in [0.15, 0.2) is 17.6 Å². The van der Waals surface area contributed by atoms with Crippen molar-refractivity contribution in [3.63, 3.8) is 0 Å². The molecule has 0 saturated carbocycles. The number of para-hydroxylation sites is 2. The van der Waals surface area contributed by atoms with Crippen molar-refractivity contribution >= 4 is 16.7 Å². The van der Waals surface area contributed by atoms with Crippen molar-refractivity contribution in [1.29, 1.82) is 10.7 Å². The summed E-state index contributed by atoms with van der Waals surface area (Å²) in [5.74, 6) is 1.29. The van der Waals surface area contributed by atoms with E-state index < -0.39 is 6.10 Å². The van der Waals surface area contributed by atoms with Crippen LogP contribution in [0, 0.1) is 23.7 Å². The SMILES string of the molecule is Cc1ccc2nc3c(cc(C#N)c(=N)n3C[C@H]3COc4ccccc4O3)c(=O)n2c1. The average molecular weight is 399 g/mol. The number of nitrogens with one attached hydrogen (secondary N) is 1. The van der Waals surface area contributed by atoms with Crippen LogP contribution in [0.1, 0.15) is 11.1 Å². The van der Waals surface area contributed by atoms with E-state index in [1.165, 1.54) is 10.5 Å². The van der Waals surface area contributed by atoms with Gasteiger partial charge >= 0.3 is 0 Å². The highest BCUT2D eigenvalue weighted by atomic mass is 16.6. The average Bonchev–Trinajstić information content (AvgIpc) is 2.76. The van der Waals surface area contributed by atoms with Gasteiger partial charge in [0, 0.05) is 6.20 Å². The van der Waals surface area contributed by atoms with Crippen LogP contribution in [0.5, 0.6) is 11.5 Å². The number of aromatic nitrogens is 3. The van der Waals surface area contributed by atoms with E-state index in [0.29, 0.717) is 22.8 Å².